The van der Waals surface area contributed by atoms with Crippen LogP contribution in [0.15, 0.2) is 80.8 Å². The minimum Gasteiger partial charge on any atom is -0.507 e. The second kappa shape index (κ2) is 5.18. The molecule has 1 N–H and O–H groups in total. The lowest BCUT2D eigenvalue weighted by atomic mass is 10.0. The third kappa shape index (κ3) is 2.30. The molecule has 4 rings (SSSR count). The number of hydrogen-bond donors (Lipinski definition) is 1. The summed E-state index contributed by atoms with van der Waals surface area (Å²) in [6, 6.07) is 15.8. The first-order valence-corrected chi connectivity index (χ1v) is 7.11. The van der Waals surface area contributed by atoms with Gasteiger partial charge in [0.2, 0.25) is 0 Å². The first-order chi connectivity index (χ1) is 11.2. The fraction of sp³-hybridized carbons (Fsp3) is 0. The largest absolute Gasteiger partial charge is 0.507 e. The van der Waals surface area contributed by atoms with Crippen molar-refractivity contribution >= 4 is 11.0 Å². The highest BCUT2D eigenvalue weighted by Gasteiger charge is 2.13. The zero-order valence-electron chi connectivity index (χ0n) is 12.0. The van der Waals surface area contributed by atoms with Crippen LogP contribution in [0.1, 0.15) is 0 Å². The molecule has 0 aliphatic carbocycles. The van der Waals surface area contributed by atoms with Gasteiger partial charge in [-0.25, -0.2) is 0 Å². The normalized spacial score (nSPS) is 11.0. The fourth-order valence-corrected chi connectivity index (χ4v) is 2.61. The first kappa shape index (κ1) is 13.4. The van der Waals surface area contributed by atoms with Crippen molar-refractivity contribution < 1.29 is 13.9 Å². The van der Waals surface area contributed by atoms with Crippen LogP contribution < -0.4 is 5.43 Å². The molecule has 0 fully saturated rings. The molecule has 0 unspecified atom stereocenters. The van der Waals surface area contributed by atoms with Crippen molar-refractivity contribution in [2.75, 3.05) is 0 Å². The predicted molar refractivity (Wildman–Crippen MR) is 87.3 cm³/mol. The predicted octanol–water partition coefficient (Wildman–Crippen LogP) is 4.43. The zero-order chi connectivity index (χ0) is 15.8. The van der Waals surface area contributed by atoms with Gasteiger partial charge in [-0.3, -0.25) is 4.79 Å². The van der Waals surface area contributed by atoms with E-state index in [1.165, 1.54) is 12.1 Å². The Labute approximate surface area is 131 Å². The maximum Gasteiger partial charge on any atom is 0.197 e. The lowest BCUT2D eigenvalue weighted by molar-refractivity contribution is 0.480. The van der Waals surface area contributed by atoms with Gasteiger partial charge in [0, 0.05) is 17.2 Å². The summed E-state index contributed by atoms with van der Waals surface area (Å²) in [6.45, 7) is 0. The van der Waals surface area contributed by atoms with Gasteiger partial charge in [-0.1, -0.05) is 30.3 Å². The number of benzene rings is 2. The van der Waals surface area contributed by atoms with Crippen LogP contribution in [-0.4, -0.2) is 5.11 Å². The molecule has 2 aromatic carbocycles. The molecular formula is C19H12O4. The Morgan fingerprint density at radius 2 is 1.70 bits per heavy atom. The Kier molecular flexibility index (Phi) is 3.01. The summed E-state index contributed by atoms with van der Waals surface area (Å²) in [5, 5.41) is 10.4. The SMILES string of the molecule is O=c1cc(-c2ccccc2)oc2cc(-c3ccoc3)cc(O)c12. The fourth-order valence-electron chi connectivity index (χ4n) is 2.61. The smallest absolute Gasteiger partial charge is 0.197 e. The quantitative estimate of drug-likeness (QED) is 0.595. The number of phenolic OH excluding ortho intramolecular Hbond substituents is 1. The molecule has 112 valence electrons. The third-order valence-electron chi connectivity index (χ3n) is 3.72. The molecule has 2 heterocycles. The lowest BCUT2D eigenvalue weighted by Crippen LogP contribution is -2.01. The highest BCUT2D eigenvalue weighted by molar-refractivity contribution is 5.89. The summed E-state index contributed by atoms with van der Waals surface area (Å²) < 4.78 is 10.9. The summed E-state index contributed by atoms with van der Waals surface area (Å²) in [7, 11) is 0. The molecule has 0 aliphatic rings. The molecule has 4 heteroatoms. The molecule has 0 saturated carbocycles. The number of aromatic hydroxyl groups is 1. The van der Waals surface area contributed by atoms with E-state index in [9.17, 15) is 9.90 Å². The van der Waals surface area contributed by atoms with Crippen molar-refractivity contribution in [1.82, 2.24) is 0 Å². The number of fused-ring (bicyclic) bond motifs is 1. The maximum absolute atomic E-state index is 12.4. The van der Waals surface area contributed by atoms with Crippen LogP contribution in [0.2, 0.25) is 0 Å². The summed E-state index contributed by atoms with van der Waals surface area (Å²) in [4.78, 5) is 12.4. The molecule has 0 bridgehead atoms. The van der Waals surface area contributed by atoms with Gasteiger partial charge >= 0.3 is 0 Å². The van der Waals surface area contributed by atoms with Crippen LogP contribution in [0.3, 0.4) is 0 Å². The van der Waals surface area contributed by atoms with E-state index in [1.54, 1.807) is 24.7 Å². The highest BCUT2D eigenvalue weighted by Crippen LogP contribution is 2.32. The van der Waals surface area contributed by atoms with Gasteiger partial charge < -0.3 is 13.9 Å². The summed E-state index contributed by atoms with van der Waals surface area (Å²) in [5.74, 6) is 0.360. The van der Waals surface area contributed by atoms with Crippen molar-refractivity contribution in [2.24, 2.45) is 0 Å². The first-order valence-electron chi connectivity index (χ1n) is 7.11. The summed E-state index contributed by atoms with van der Waals surface area (Å²) >= 11 is 0. The van der Waals surface area contributed by atoms with Crippen LogP contribution in [0.5, 0.6) is 5.75 Å². The molecule has 4 aromatic rings. The Balaban J connectivity index is 1.99. The van der Waals surface area contributed by atoms with Crippen LogP contribution in [0.4, 0.5) is 0 Å². The Hall–Kier alpha value is -3.27. The van der Waals surface area contributed by atoms with E-state index in [4.69, 9.17) is 8.83 Å². The zero-order valence-corrected chi connectivity index (χ0v) is 12.0. The maximum atomic E-state index is 12.4. The molecule has 0 saturated heterocycles. The van der Waals surface area contributed by atoms with Crippen molar-refractivity contribution in [2.45, 2.75) is 0 Å². The van der Waals surface area contributed by atoms with Crippen molar-refractivity contribution in [1.29, 1.82) is 0 Å². The Morgan fingerprint density at radius 1 is 0.870 bits per heavy atom. The Bertz CT molecular complexity index is 1030. The van der Waals surface area contributed by atoms with Crippen molar-refractivity contribution in [3.63, 3.8) is 0 Å². The molecule has 4 nitrogen and oxygen atoms in total. The van der Waals surface area contributed by atoms with Crippen LogP contribution in [0.25, 0.3) is 33.4 Å². The van der Waals surface area contributed by atoms with Gasteiger partial charge in [0.25, 0.3) is 0 Å². The van der Waals surface area contributed by atoms with Gasteiger partial charge in [-0.15, -0.1) is 0 Å². The highest BCUT2D eigenvalue weighted by atomic mass is 16.3. The second-order valence-electron chi connectivity index (χ2n) is 5.22. The number of rotatable bonds is 2. The van der Waals surface area contributed by atoms with Gasteiger partial charge in [0.15, 0.2) is 5.43 Å². The minimum atomic E-state index is -0.277. The molecule has 0 aliphatic heterocycles. The molecule has 0 amide bonds. The van der Waals surface area contributed by atoms with E-state index in [-0.39, 0.29) is 16.6 Å². The molecule has 0 atom stereocenters. The van der Waals surface area contributed by atoms with E-state index in [1.807, 2.05) is 30.3 Å². The minimum absolute atomic E-state index is 0.105. The third-order valence-corrected chi connectivity index (χ3v) is 3.72. The number of phenols is 1. The van der Waals surface area contributed by atoms with Crippen molar-refractivity contribution in [3.8, 4) is 28.2 Å². The van der Waals surface area contributed by atoms with Crippen LogP contribution in [0, 0.1) is 0 Å². The van der Waals surface area contributed by atoms with E-state index < -0.39 is 0 Å². The second-order valence-corrected chi connectivity index (χ2v) is 5.22. The molecule has 23 heavy (non-hydrogen) atoms. The number of hydrogen-bond acceptors (Lipinski definition) is 4. The van der Waals surface area contributed by atoms with E-state index >= 15 is 0 Å². The molecule has 0 radical (unpaired) electrons. The van der Waals surface area contributed by atoms with Crippen LogP contribution in [-0.2, 0) is 0 Å². The number of furan rings is 1. The Morgan fingerprint density at radius 3 is 2.43 bits per heavy atom. The van der Waals surface area contributed by atoms with Gasteiger partial charge in [0.05, 0.1) is 12.5 Å². The van der Waals surface area contributed by atoms with Gasteiger partial charge in [0.1, 0.15) is 22.5 Å². The van der Waals surface area contributed by atoms with Gasteiger partial charge in [-0.2, -0.15) is 0 Å². The van der Waals surface area contributed by atoms with Crippen LogP contribution >= 0.6 is 0 Å². The summed E-state index contributed by atoms with van der Waals surface area (Å²) in [6.07, 6.45) is 3.12. The summed E-state index contributed by atoms with van der Waals surface area (Å²) in [5.41, 5.74) is 2.39. The van der Waals surface area contributed by atoms with E-state index in [0.29, 0.717) is 11.3 Å². The van der Waals surface area contributed by atoms with Gasteiger partial charge in [-0.05, 0) is 23.8 Å². The van der Waals surface area contributed by atoms with E-state index in [0.717, 1.165) is 16.7 Å². The van der Waals surface area contributed by atoms with Crippen molar-refractivity contribution in [3.05, 3.63) is 77.3 Å². The molecule has 0 spiro atoms. The molecular weight excluding hydrogens is 292 g/mol. The lowest BCUT2D eigenvalue weighted by Gasteiger charge is -2.06. The average molecular weight is 304 g/mol. The average Bonchev–Trinajstić information content (AvgIpc) is 3.09. The standard InChI is InChI=1S/C19H12O4/c20-15-8-14(13-6-7-22-11-13)9-18-19(15)16(21)10-17(23-18)12-4-2-1-3-5-12/h1-11,20H. The topological polar surface area (TPSA) is 63.6 Å². The molecule has 2 aromatic heterocycles. The monoisotopic (exact) mass is 304 g/mol. The van der Waals surface area contributed by atoms with E-state index in [2.05, 4.69) is 0 Å².